The highest BCUT2D eigenvalue weighted by atomic mass is 15.2. The van der Waals surface area contributed by atoms with Gasteiger partial charge in [0, 0.05) is 19.6 Å². The van der Waals surface area contributed by atoms with Crippen LogP contribution in [0.25, 0.3) is 11.0 Å². The molecule has 98 valence electrons. The molecule has 0 aliphatic carbocycles. The molecule has 2 rings (SSSR count). The van der Waals surface area contributed by atoms with Gasteiger partial charge in [0.15, 0.2) is 0 Å². The minimum atomic E-state index is 0.278. The first kappa shape index (κ1) is 12.9. The second kappa shape index (κ2) is 5.40. The Labute approximate surface area is 108 Å². The number of anilines is 1. The number of aromatic nitrogens is 2. The summed E-state index contributed by atoms with van der Waals surface area (Å²) in [6, 6.07) is 8.42. The van der Waals surface area contributed by atoms with Crippen LogP contribution in [0.3, 0.4) is 0 Å². The maximum absolute atomic E-state index is 5.81. The number of nitrogens with one attached hydrogen (secondary N) is 1. The zero-order valence-electron chi connectivity index (χ0n) is 11.4. The molecule has 0 aliphatic heterocycles. The van der Waals surface area contributed by atoms with E-state index < -0.39 is 0 Å². The van der Waals surface area contributed by atoms with Crippen LogP contribution in [-0.4, -0.2) is 22.1 Å². The molecule has 3 N–H and O–H groups in total. The van der Waals surface area contributed by atoms with Gasteiger partial charge in [0.25, 0.3) is 0 Å². The van der Waals surface area contributed by atoms with Crippen molar-refractivity contribution in [2.75, 3.05) is 11.9 Å². The monoisotopic (exact) mass is 246 g/mol. The Bertz CT molecular complexity index is 515. The summed E-state index contributed by atoms with van der Waals surface area (Å²) in [6.45, 7) is 5.04. The molecule has 0 radical (unpaired) electrons. The van der Waals surface area contributed by atoms with Crippen molar-refractivity contribution in [3.05, 3.63) is 24.3 Å². The first-order chi connectivity index (χ1) is 8.61. The van der Waals surface area contributed by atoms with Crippen molar-refractivity contribution in [1.29, 1.82) is 0 Å². The predicted octanol–water partition coefficient (Wildman–Crippen LogP) is 2.36. The number of fused-ring (bicyclic) bond motifs is 1. The van der Waals surface area contributed by atoms with Gasteiger partial charge in [-0.3, -0.25) is 0 Å². The molecule has 0 saturated carbocycles. The van der Waals surface area contributed by atoms with Gasteiger partial charge >= 0.3 is 0 Å². The smallest absolute Gasteiger partial charge is 0.203 e. The SMILES string of the molecule is CC(C)CC(CN)Nc1nc2ccccc2n1C. The second-order valence-corrected chi connectivity index (χ2v) is 5.19. The molecule has 1 aromatic heterocycles. The Morgan fingerprint density at radius 2 is 2.06 bits per heavy atom. The third-order valence-corrected chi connectivity index (χ3v) is 3.16. The lowest BCUT2D eigenvalue weighted by Gasteiger charge is -2.19. The van der Waals surface area contributed by atoms with E-state index in [0.717, 1.165) is 23.4 Å². The number of nitrogens with two attached hydrogens (primary N) is 1. The third kappa shape index (κ3) is 2.64. The van der Waals surface area contributed by atoms with Gasteiger partial charge in [0.1, 0.15) is 0 Å². The third-order valence-electron chi connectivity index (χ3n) is 3.16. The Balaban J connectivity index is 2.22. The molecule has 18 heavy (non-hydrogen) atoms. The van der Waals surface area contributed by atoms with Crippen LogP contribution in [0.4, 0.5) is 5.95 Å². The van der Waals surface area contributed by atoms with E-state index in [2.05, 4.69) is 34.8 Å². The van der Waals surface area contributed by atoms with Crippen LogP contribution >= 0.6 is 0 Å². The Morgan fingerprint density at radius 3 is 2.67 bits per heavy atom. The molecule has 0 spiro atoms. The summed E-state index contributed by atoms with van der Waals surface area (Å²) >= 11 is 0. The van der Waals surface area contributed by atoms with E-state index in [-0.39, 0.29) is 6.04 Å². The lowest BCUT2D eigenvalue weighted by atomic mass is 10.0. The Kier molecular flexibility index (Phi) is 3.87. The molecule has 1 unspecified atom stereocenters. The number of para-hydroxylation sites is 2. The van der Waals surface area contributed by atoms with Gasteiger partial charge < -0.3 is 15.6 Å². The molecule has 1 atom stereocenters. The molecule has 0 saturated heterocycles. The number of imidazole rings is 1. The van der Waals surface area contributed by atoms with Gasteiger partial charge in [-0.05, 0) is 24.5 Å². The van der Waals surface area contributed by atoms with Crippen LogP contribution in [0.1, 0.15) is 20.3 Å². The standard InChI is InChI=1S/C14H22N4/c1-10(2)8-11(9-15)16-14-17-12-6-4-5-7-13(12)18(14)3/h4-7,10-11H,8-9,15H2,1-3H3,(H,16,17). The molecular weight excluding hydrogens is 224 g/mol. The summed E-state index contributed by atoms with van der Waals surface area (Å²) in [5, 5.41) is 3.44. The molecule has 0 bridgehead atoms. The largest absolute Gasteiger partial charge is 0.352 e. The number of hydrogen-bond acceptors (Lipinski definition) is 3. The fourth-order valence-electron chi connectivity index (χ4n) is 2.24. The van der Waals surface area contributed by atoms with Crippen LogP contribution in [0, 0.1) is 5.92 Å². The minimum absolute atomic E-state index is 0.278. The summed E-state index contributed by atoms with van der Waals surface area (Å²) in [4.78, 5) is 4.60. The highest BCUT2D eigenvalue weighted by Crippen LogP contribution is 2.19. The highest BCUT2D eigenvalue weighted by molar-refractivity contribution is 5.78. The lowest BCUT2D eigenvalue weighted by Crippen LogP contribution is -2.31. The average molecular weight is 246 g/mol. The van der Waals surface area contributed by atoms with Crippen molar-refractivity contribution in [3.63, 3.8) is 0 Å². The van der Waals surface area contributed by atoms with Crippen molar-refractivity contribution in [2.45, 2.75) is 26.3 Å². The maximum atomic E-state index is 5.81. The first-order valence-electron chi connectivity index (χ1n) is 6.50. The zero-order valence-corrected chi connectivity index (χ0v) is 11.4. The van der Waals surface area contributed by atoms with Crippen LogP contribution in [-0.2, 0) is 7.05 Å². The fraction of sp³-hybridized carbons (Fsp3) is 0.500. The number of nitrogens with zero attached hydrogens (tertiary/aromatic N) is 2. The van der Waals surface area contributed by atoms with Crippen LogP contribution in [0.2, 0.25) is 0 Å². The fourth-order valence-corrected chi connectivity index (χ4v) is 2.24. The zero-order chi connectivity index (χ0) is 13.1. The van der Waals surface area contributed by atoms with Crippen molar-refractivity contribution < 1.29 is 0 Å². The van der Waals surface area contributed by atoms with E-state index in [1.54, 1.807) is 0 Å². The van der Waals surface area contributed by atoms with Crippen LogP contribution < -0.4 is 11.1 Å². The van der Waals surface area contributed by atoms with Gasteiger partial charge in [-0.15, -0.1) is 0 Å². The van der Waals surface area contributed by atoms with E-state index in [4.69, 9.17) is 5.73 Å². The highest BCUT2D eigenvalue weighted by Gasteiger charge is 2.13. The molecule has 1 aromatic carbocycles. The number of aryl methyl sites for hydroxylation is 1. The summed E-state index contributed by atoms with van der Waals surface area (Å²) < 4.78 is 2.08. The van der Waals surface area contributed by atoms with Gasteiger partial charge in [-0.25, -0.2) is 4.98 Å². The van der Waals surface area contributed by atoms with Crippen molar-refractivity contribution in [3.8, 4) is 0 Å². The van der Waals surface area contributed by atoms with Gasteiger partial charge in [0.05, 0.1) is 11.0 Å². The van der Waals surface area contributed by atoms with E-state index in [1.165, 1.54) is 0 Å². The summed E-state index contributed by atoms with van der Waals surface area (Å²) in [5.74, 6) is 1.52. The average Bonchev–Trinajstić information content (AvgIpc) is 2.66. The van der Waals surface area contributed by atoms with Crippen LogP contribution in [0.15, 0.2) is 24.3 Å². The molecule has 1 heterocycles. The number of hydrogen-bond donors (Lipinski definition) is 2. The van der Waals surface area contributed by atoms with Gasteiger partial charge in [-0.1, -0.05) is 26.0 Å². The molecule has 0 amide bonds. The number of benzene rings is 1. The van der Waals surface area contributed by atoms with Crippen LogP contribution in [0.5, 0.6) is 0 Å². The van der Waals surface area contributed by atoms with Crippen molar-refractivity contribution in [1.82, 2.24) is 9.55 Å². The molecule has 4 nitrogen and oxygen atoms in total. The summed E-state index contributed by atoms with van der Waals surface area (Å²) in [6.07, 6.45) is 1.06. The number of rotatable bonds is 5. The summed E-state index contributed by atoms with van der Waals surface area (Å²) in [7, 11) is 2.03. The second-order valence-electron chi connectivity index (χ2n) is 5.19. The predicted molar refractivity (Wildman–Crippen MR) is 76.6 cm³/mol. The van der Waals surface area contributed by atoms with E-state index >= 15 is 0 Å². The van der Waals surface area contributed by atoms with Gasteiger partial charge in [0.2, 0.25) is 5.95 Å². The lowest BCUT2D eigenvalue weighted by molar-refractivity contribution is 0.519. The van der Waals surface area contributed by atoms with Crippen molar-refractivity contribution >= 4 is 17.0 Å². The molecule has 2 aromatic rings. The normalized spacial score (nSPS) is 13.2. The topological polar surface area (TPSA) is 55.9 Å². The maximum Gasteiger partial charge on any atom is 0.203 e. The van der Waals surface area contributed by atoms with E-state index in [0.29, 0.717) is 12.5 Å². The quantitative estimate of drug-likeness (QED) is 0.851. The molecule has 0 aliphatic rings. The van der Waals surface area contributed by atoms with Gasteiger partial charge in [-0.2, -0.15) is 0 Å². The Hall–Kier alpha value is -1.55. The first-order valence-corrected chi connectivity index (χ1v) is 6.50. The van der Waals surface area contributed by atoms with E-state index in [1.807, 2.05) is 25.2 Å². The molecule has 0 fully saturated rings. The molecular formula is C14H22N4. The van der Waals surface area contributed by atoms with Crippen molar-refractivity contribution in [2.24, 2.45) is 18.7 Å². The minimum Gasteiger partial charge on any atom is -0.352 e. The molecule has 4 heteroatoms. The summed E-state index contributed by atoms with van der Waals surface area (Å²) in [5.41, 5.74) is 7.97. The Morgan fingerprint density at radius 1 is 1.33 bits per heavy atom. The van der Waals surface area contributed by atoms with E-state index in [9.17, 15) is 0 Å².